The van der Waals surface area contributed by atoms with Crippen LogP contribution < -0.4 is 15.4 Å². The van der Waals surface area contributed by atoms with Gasteiger partial charge in [-0.1, -0.05) is 6.07 Å². The largest absolute Gasteiger partial charge is 0.481 e. The number of aromatic nitrogens is 1. The SMILES string of the molecule is COc1cccc(CN=C(N)N2CCN(c3ccc(F)cc3)CC2)n1.I. The van der Waals surface area contributed by atoms with Crippen LogP contribution in [0.2, 0.25) is 0 Å². The summed E-state index contributed by atoms with van der Waals surface area (Å²) in [5.74, 6) is 0.868. The summed E-state index contributed by atoms with van der Waals surface area (Å²) in [7, 11) is 1.59. The van der Waals surface area contributed by atoms with Gasteiger partial charge in [-0.2, -0.15) is 0 Å². The highest BCUT2D eigenvalue weighted by molar-refractivity contribution is 14.0. The first-order chi connectivity index (χ1) is 12.2. The summed E-state index contributed by atoms with van der Waals surface area (Å²) in [6.07, 6.45) is 0. The van der Waals surface area contributed by atoms with E-state index in [1.165, 1.54) is 12.1 Å². The summed E-state index contributed by atoms with van der Waals surface area (Å²) in [6, 6.07) is 12.1. The highest BCUT2D eigenvalue weighted by atomic mass is 127. The second-order valence-electron chi connectivity index (χ2n) is 5.80. The molecule has 0 aliphatic carbocycles. The maximum Gasteiger partial charge on any atom is 0.213 e. The van der Waals surface area contributed by atoms with Crippen LogP contribution in [-0.4, -0.2) is 49.1 Å². The molecule has 2 heterocycles. The Morgan fingerprint density at radius 3 is 2.50 bits per heavy atom. The van der Waals surface area contributed by atoms with Gasteiger partial charge in [-0.3, -0.25) is 0 Å². The van der Waals surface area contributed by atoms with Crippen molar-refractivity contribution < 1.29 is 9.13 Å². The fraction of sp³-hybridized carbons (Fsp3) is 0.333. The molecule has 0 unspecified atom stereocenters. The molecular formula is C18H23FIN5O. The van der Waals surface area contributed by atoms with Crippen LogP contribution in [0.1, 0.15) is 5.69 Å². The van der Waals surface area contributed by atoms with Crippen molar-refractivity contribution >= 4 is 35.6 Å². The lowest BCUT2D eigenvalue weighted by Gasteiger charge is -2.36. The van der Waals surface area contributed by atoms with E-state index in [0.29, 0.717) is 18.4 Å². The molecule has 1 aromatic carbocycles. The topological polar surface area (TPSA) is 67.0 Å². The van der Waals surface area contributed by atoms with Gasteiger partial charge in [0.1, 0.15) is 5.82 Å². The van der Waals surface area contributed by atoms with Crippen LogP contribution >= 0.6 is 24.0 Å². The highest BCUT2D eigenvalue weighted by Gasteiger charge is 2.18. The van der Waals surface area contributed by atoms with Gasteiger partial charge in [0, 0.05) is 37.9 Å². The third-order valence-corrected chi connectivity index (χ3v) is 4.19. The van der Waals surface area contributed by atoms with Gasteiger partial charge in [0.2, 0.25) is 5.88 Å². The normalized spacial score (nSPS) is 14.8. The average molecular weight is 471 g/mol. The number of anilines is 1. The number of nitrogens with two attached hydrogens (primary N) is 1. The van der Waals surface area contributed by atoms with E-state index in [9.17, 15) is 4.39 Å². The Morgan fingerprint density at radius 2 is 1.85 bits per heavy atom. The van der Waals surface area contributed by atoms with Gasteiger partial charge in [-0.05, 0) is 30.3 Å². The van der Waals surface area contributed by atoms with Gasteiger partial charge in [0.05, 0.1) is 19.3 Å². The lowest BCUT2D eigenvalue weighted by molar-refractivity contribution is 0.380. The minimum Gasteiger partial charge on any atom is -0.481 e. The van der Waals surface area contributed by atoms with Crippen LogP contribution in [-0.2, 0) is 6.54 Å². The minimum absolute atomic E-state index is 0. The molecule has 1 saturated heterocycles. The monoisotopic (exact) mass is 471 g/mol. The molecule has 0 amide bonds. The molecule has 3 rings (SSSR count). The molecule has 1 aliphatic heterocycles. The molecule has 8 heteroatoms. The Labute approximate surface area is 169 Å². The Hall–Kier alpha value is -2.10. The van der Waals surface area contributed by atoms with Gasteiger partial charge in [0.25, 0.3) is 0 Å². The molecule has 1 fully saturated rings. The van der Waals surface area contributed by atoms with Crippen LogP contribution in [0.5, 0.6) is 5.88 Å². The third-order valence-electron chi connectivity index (χ3n) is 4.19. The molecule has 2 N–H and O–H groups in total. The average Bonchev–Trinajstić information content (AvgIpc) is 2.67. The quantitative estimate of drug-likeness (QED) is 0.422. The van der Waals surface area contributed by atoms with E-state index in [-0.39, 0.29) is 29.8 Å². The molecule has 1 aliphatic rings. The van der Waals surface area contributed by atoms with Crippen molar-refractivity contribution in [2.75, 3.05) is 38.2 Å². The number of ether oxygens (including phenoxy) is 1. The minimum atomic E-state index is -0.218. The molecule has 1 aromatic heterocycles. The maximum absolute atomic E-state index is 13.0. The van der Waals surface area contributed by atoms with Crippen LogP contribution in [0.4, 0.5) is 10.1 Å². The molecule has 26 heavy (non-hydrogen) atoms. The summed E-state index contributed by atoms with van der Waals surface area (Å²) in [6.45, 7) is 3.61. The predicted molar refractivity (Wildman–Crippen MR) is 112 cm³/mol. The Balaban J connectivity index is 0.00000243. The smallest absolute Gasteiger partial charge is 0.213 e. The Bertz CT molecular complexity index is 733. The molecule has 6 nitrogen and oxygen atoms in total. The van der Waals surface area contributed by atoms with Crippen LogP contribution in [0.25, 0.3) is 0 Å². The number of hydrogen-bond acceptors (Lipinski definition) is 4. The number of pyridine rings is 1. The van der Waals surface area contributed by atoms with Crippen molar-refractivity contribution in [3.63, 3.8) is 0 Å². The van der Waals surface area contributed by atoms with Gasteiger partial charge < -0.3 is 20.3 Å². The predicted octanol–water partition coefficient (Wildman–Crippen LogP) is 2.48. The second kappa shape index (κ2) is 9.56. The van der Waals surface area contributed by atoms with E-state index in [1.807, 2.05) is 12.1 Å². The van der Waals surface area contributed by atoms with Gasteiger partial charge >= 0.3 is 0 Å². The van der Waals surface area contributed by atoms with Crippen LogP contribution in [0.15, 0.2) is 47.5 Å². The third kappa shape index (κ3) is 5.20. The fourth-order valence-electron chi connectivity index (χ4n) is 2.77. The number of hydrogen-bond donors (Lipinski definition) is 1. The summed E-state index contributed by atoms with van der Waals surface area (Å²) >= 11 is 0. The van der Waals surface area contributed by atoms with E-state index in [4.69, 9.17) is 10.5 Å². The van der Waals surface area contributed by atoms with Crippen LogP contribution in [0.3, 0.4) is 0 Å². The molecule has 140 valence electrons. The number of methoxy groups -OCH3 is 1. The van der Waals surface area contributed by atoms with Crippen molar-refractivity contribution in [2.45, 2.75) is 6.54 Å². The second-order valence-corrected chi connectivity index (χ2v) is 5.80. The molecule has 0 radical (unpaired) electrons. The number of aliphatic imine (C=N–C) groups is 1. The number of halogens is 2. The molecule has 0 bridgehead atoms. The molecule has 0 saturated carbocycles. The Morgan fingerprint density at radius 1 is 1.15 bits per heavy atom. The van der Waals surface area contributed by atoms with E-state index in [0.717, 1.165) is 37.6 Å². The van der Waals surface area contributed by atoms with E-state index >= 15 is 0 Å². The van der Waals surface area contributed by atoms with E-state index in [1.54, 1.807) is 25.3 Å². The first kappa shape index (κ1) is 20.2. The van der Waals surface area contributed by atoms with Crippen molar-refractivity contribution in [3.05, 3.63) is 54.0 Å². The lowest BCUT2D eigenvalue weighted by atomic mass is 10.2. The number of rotatable bonds is 4. The molecule has 2 aromatic rings. The first-order valence-electron chi connectivity index (χ1n) is 8.21. The molecule has 0 spiro atoms. The van der Waals surface area contributed by atoms with E-state index in [2.05, 4.69) is 19.8 Å². The number of piperazine rings is 1. The summed E-state index contributed by atoms with van der Waals surface area (Å²) < 4.78 is 18.1. The zero-order chi connectivity index (χ0) is 17.6. The van der Waals surface area contributed by atoms with Crippen molar-refractivity contribution in [2.24, 2.45) is 10.7 Å². The van der Waals surface area contributed by atoms with E-state index < -0.39 is 0 Å². The summed E-state index contributed by atoms with van der Waals surface area (Å²) in [5.41, 5.74) is 7.96. The van der Waals surface area contributed by atoms with Gasteiger partial charge in [-0.25, -0.2) is 14.4 Å². The van der Waals surface area contributed by atoms with Crippen molar-refractivity contribution in [1.29, 1.82) is 0 Å². The fourth-order valence-corrected chi connectivity index (χ4v) is 2.77. The summed E-state index contributed by atoms with van der Waals surface area (Å²) in [4.78, 5) is 13.0. The first-order valence-corrected chi connectivity index (χ1v) is 8.21. The standard InChI is InChI=1S/C18H22FN5O.HI/c1-25-17-4-2-3-15(22-17)13-21-18(20)24-11-9-23(10-12-24)16-7-5-14(19)6-8-16;/h2-8H,9-13H2,1H3,(H2,20,21);1H. The number of benzene rings is 1. The number of nitrogens with zero attached hydrogens (tertiary/aromatic N) is 4. The van der Waals surface area contributed by atoms with Crippen LogP contribution in [0, 0.1) is 5.82 Å². The molecule has 0 atom stereocenters. The zero-order valence-electron chi connectivity index (χ0n) is 14.6. The highest BCUT2D eigenvalue weighted by Crippen LogP contribution is 2.17. The summed E-state index contributed by atoms with van der Waals surface area (Å²) in [5, 5.41) is 0. The lowest BCUT2D eigenvalue weighted by Crippen LogP contribution is -2.51. The van der Waals surface area contributed by atoms with Gasteiger partial charge in [-0.15, -0.1) is 24.0 Å². The number of guanidine groups is 1. The Kier molecular flexibility index (Phi) is 7.43. The molecular weight excluding hydrogens is 448 g/mol. The van der Waals surface area contributed by atoms with Gasteiger partial charge in [0.15, 0.2) is 5.96 Å². The zero-order valence-corrected chi connectivity index (χ0v) is 17.0. The van der Waals surface area contributed by atoms with Crippen molar-refractivity contribution in [3.8, 4) is 5.88 Å². The van der Waals surface area contributed by atoms with Crippen molar-refractivity contribution in [1.82, 2.24) is 9.88 Å². The maximum atomic E-state index is 13.0.